The van der Waals surface area contributed by atoms with Crippen molar-refractivity contribution in [2.75, 3.05) is 6.54 Å². The number of aryl methyl sites for hydroxylation is 2. The van der Waals surface area contributed by atoms with Crippen molar-refractivity contribution in [2.24, 2.45) is 0 Å². The molecule has 5 heteroatoms. The zero-order valence-corrected chi connectivity index (χ0v) is 13.7. The minimum Gasteiger partial charge on any atom is -0.421 e. The Balaban J connectivity index is 1.59. The normalized spacial score (nSPS) is 10.6. The Morgan fingerprint density at radius 3 is 2.46 bits per heavy atom. The third-order valence-electron chi connectivity index (χ3n) is 3.86. The molecule has 0 fully saturated rings. The molecule has 2 aromatic carbocycles. The van der Waals surface area contributed by atoms with Crippen LogP contribution in [0.1, 0.15) is 27.4 Å². The zero-order chi connectivity index (χ0) is 16.9. The third kappa shape index (κ3) is 3.51. The van der Waals surface area contributed by atoms with Crippen LogP contribution in [0.2, 0.25) is 0 Å². The summed E-state index contributed by atoms with van der Waals surface area (Å²) < 4.78 is 5.69. The molecule has 1 heterocycles. The number of rotatable bonds is 5. The van der Waals surface area contributed by atoms with Gasteiger partial charge in [0, 0.05) is 24.1 Å². The molecule has 1 aromatic heterocycles. The number of hydrogen-bond acceptors (Lipinski definition) is 4. The molecule has 24 heavy (non-hydrogen) atoms. The van der Waals surface area contributed by atoms with Gasteiger partial charge in [-0.1, -0.05) is 36.4 Å². The first kappa shape index (κ1) is 15.9. The van der Waals surface area contributed by atoms with Gasteiger partial charge in [-0.2, -0.15) is 0 Å². The largest absolute Gasteiger partial charge is 0.421 e. The lowest BCUT2D eigenvalue weighted by atomic mass is 10.1. The zero-order valence-electron chi connectivity index (χ0n) is 13.7. The van der Waals surface area contributed by atoms with Gasteiger partial charge in [0.25, 0.3) is 5.91 Å². The first-order valence-corrected chi connectivity index (χ1v) is 7.87. The lowest BCUT2D eigenvalue weighted by Gasteiger charge is -2.06. The van der Waals surface area contributed by atoms with E-state index in [4.69, 9.17) is 4.42 Å². The van der Waals surface area contributed by atoms with Crippen LogP contribution in [0.5, 0.6) is 0 Å². The Hall–Kier alpha value is -2.95. The number of aromatic nitrogens is 2. The first-order chi connectivity index (χ1) is 11.6. The van der Waals surface area contributed by atoms with Gasteiger partial charge in [-0.05, 0) is 37.1 Å². The van der Waals surface area contributed by atoms with Gasteiger partial charge in [-0.25, -0.2) is 0 Å². The fourth-order valence-electron chi connectivity index (χ4n) is 2.48. The molecule has 0 saturated carbocycles. The van der Waals surface area contributed by atoms with Crippen LogP contribution in [-0.2, 0) is 6.42 Å². The van der Waals surface area contributed by atoms with Crippen molar-refractivity contribution < 1.29 is 9.21 Å². The van der Waals surface area contributed by atoms with Crippen molar-refractivity contribution in [1.82, 2.24) is 15.5 Å². The summed E-state index contributed by atoms with van der Waals surface area (Å²) in [7, 11) is 0. The summed E-state index contributed by atoms with van der Waals surface area (Å²) in [5.41, 5.74) is 3.65. The number of carbonyl (C=O) groups excluding carboxylic acids is 1. The summed E-state index contributed by atoms with van der Waals surface area (Å²) in [6.45, 7) is 4.37. The average molecular weight is 321 g/mol. The van der Waals surface area contributed by atoms with Crippen molar-refractivity contribution in [1.29, 1.82) is 0 Å². The van der Waals surface area contributed by atoms with Crippen molar-refractivity contribution in [2.45, 2.75) is 20.3 Å². The molecular formula is C19H19N3O2. The van der Waals surface area contributed by atoms with E-state index in [0.717, 1.165) is 16.7 Å². The van der Waals surface area contributed by atoms with E-state index in [1.54, 1.807) is 0 Å². The molecule has 0 saturated heterocycles. The van der Waals surface area contributed by atoms with Gasteiger partial charge >= 0.3 is 0 Å². The van der Waals surface area contributed by atoms with E-state index >= 15 is 0 Å². The highest BCUT2D eigenvalue weighted by Crippen LogP contribution is 2.21. The minimum absolute atomic E-state index is 0.0910. The summed E-state index contributed by atoms with van der Waals surface area (Å²) >= 11 is 0. The second-order valence-electron chi connectivity index (χ2n) is 5.64. The van der Waals surface area contributed by atoms with E-state index in [9.17, 15) is 4.79 Å². The second-order valence-corrected chi connectivity index (χ2v) is 5.64. The van der Waals surface area contributed by atoms with Crippen molar-refractivity contribution in [3.63, 3.8) is 0 Å². The topological polar surface area (TPSA) is 68.0 Å². The smallest absolute Gasteiger partial charge is 0.251 e. The van der Waals surface area contributed by atoms with Crippen LogP contribution >= 0.6 is 0 Å². The standard InChI is InChI=1S/C19H19N3O2/c1-13-7-3-5-9-15(13)18(23)20-12-11-17-21-22-19(24-17)16-10-6-4-8-14(16)2/h3-10H,11-12H2,1-2H3,(H,20,23). The van der Waals surface area contributed by atoms with E-state index in [0.29, 0.717) is 30.3 Å². The van der Waals surface area contributed by atoms with Gasteiger partial charge in [-0.15, -0.1) is 10.2 Å². The summed E-state index contributed by atoms with van der Waals surface area (Å²) in [5, 5.41) is 11.0. The van der Waals surface area contributed by atoms with Gasteiger partial charge in [0.05, 0.1) is 0 Å². The monoisotopic (exact) mass is 321 g/mol. The maximum absolute atomic E-state index is 12.1. The van der Waals surface area contributed by atoms with Gasteiger partial charge in [0.1, 0.15) is 0 Å². The number of benzene rings is 2. The quantitative estimate of drug-likeness (QED) is 0.782. The van der Waals surface area contributed by atoms with Gasteiger partial charge in [-0.3, -0.25) is 4.79 Å². The Kier molecular flexibility index (Phi) is 4.70. The van der Waals surface area contributed by atoms with Crippen LogP contribution in [-0.4, -0.2) is 22.6 Å². The number of amides is 1. The summed E-state index contributed by atoms with van der Waals surface area (Å²) in [6, 6.07) is 15.4. The molecule has 0 radical (unpaired) electrons. The molecule has 0 aliphatic rings. The fraction of sp³-hybridized carbons (Fsp3) is 0.211. The molecule has 1 N–H and O–H groups in total. The molecule has 0 bridgehead atoms. The van der Waals surface area contributed by atoms with Crippen molar-refractivity contribution >= 4 is 5.91 Å². The fourth-order valence-corrected chi connectivity index (χ4v) is 2.48. The number of nitrogens with one attached hydrogen (secondary N) is 1. The molecule has 0 aliphatic carbocycles. The molecule has 0 aliphatic heterocycles. The molecule has 0 atom stereocenters. The molecule has 0 spiro atoms. The predicted molar refractivity (Wildman–Crippen MR) is 91.7 cm³/mol. The average Bonchev–Trinajstić information content (AvgIpc) is 3.04. The van der Waals surface area contributed by atoms with E-state index in [1.165, 1.54) is 0 Å². The maximum Gasteiger partial charge on any atom is 0.251 e. The lowest BCUT2D eigenvalue weighted by molar-refractivity contribution is 0.0953. The van der Waals surface area contributed by atoms with Crippen LogP contribution in [0.15, 0.2) is 52.9 Å². The summed E-state index contributed by atoms with van der Waals surface area (Å²) in [4.78, 5) is 12.1. The van der Waals surface area contributed by atoms with E-state index in [2.05, 4.69) is 15.5 Å². The summed E-state index contributed by atoms with van der Waals surface area (Å²) in [6.07, 6.45) is 0.497. The van der Waals surface area contributed by atoms with Gasteiger partial charge < -0.3 is 9.73 Å². The van der Waals surface area contributed by atoms with Crippen LogP contribution < -0.4 is 5.32 Å². The molecule has 3 rings (SSSR count). The second kappa shape index (κ2) is 7.08. The number of nitrogens with zero attached hydrogens (tertiary/aromatic N) is 2. The van der Waals surface area contributed by atoms with Crippen LogP contribution in [0.25, 0.3) is 11.5 Å². The summed E-state index contributed by atoms with van der Waals surface area (Å²) in [5.74, 6) is 0.929. The molecule has 0 unspecified atom stereocenters. The number of carbonyl (C=O) groups is 1. The van der Waals surface area contributed by atoms with Crippen LogP contribution in [0.3, 0.4) is 0 Å². The van der Waals surface area contributed by atoms with Crippen LogP contribution in [0, 0.1) is 13.8 Å². The maximum atomic E-state index is 12.1. The third-order valence-corrected chi connectivity index (χ3v) is 3.86. The first-order valence-electron chi connectivity index (χ1n) is 7.87. The van der Waals surface area contributed by atoms with E-state index in [1.807, 2.05) is 62.4 Å². The van der Waals surface area contributed by atoms with Gasteiger partial charge in [0.15, 0.2) is 0 Å². The van der Waals surface area contributed by atoms with Crippen LogP contribution in [0.4, 0.5) is 0 Å². The predicted octanol–water partition coefficient (Wildman–Crippen LogP) is 3.33. The molecular weight excluding hydrogens is 302 g/mol. The highest BCUT2D eigenvalue weighted by molar-refractivity contribution is 5.95. The lowest BCUT2D eigenvalue weighted by Crippen LogP contribution is -2.26. The SMILES string of the molecule is Cc1ccccc1C(=O)NCCc1nnc(-c2ccccc2C)o1. The van der Waals surface area contributed by atoms with E-state index < -0.39 is 0 Å². The molecule has 1 amide bonds. The minimum atomic E-state index is -0.0910. The Morgan fingerprint density at radius 2 is 1.71 bits per heavy atom. The van der Waals surface area contributed by atoms with Crippen molar-refractivity contribution in [3.05, 3.63) is 71.1 Å². The van der Waals surface area contributed by atoms with Gasteiger partial charge in [0.2, 0.25) is 11.8 Å². The Bertz CT molecular complexity index is 855. The Labute approximate surface area is 140 Å². The highest BCUT2D eigenvalue weighted by Gasteiger charge is 2.11. The van der Waals surface area contributed by atoms with Crippen molar-refractivity contribution in [3.8, 4) is 11.5 Å². The molecule has 5 nitrogen and oxygen atoms in total. The Morgan fingerprint density at radius 1 is 1.00 bits per heavy atom. The highest BCUT2D eigenvalue weighted by atomic mass is 16.4. The van der Waals surface area contributed by atoms with E-state index in [-0.39, 0.29) is 5.91 Å². The molecule has 3 aromatic rings. The number of hydrogen-bond donors (Lipinski definition) is 1. The molecule has 122 valence electrons.